The Bertz CT molecular complexity index is 870. The molecule has 0 bridgehead atoms. The van der Waals surface area contributed by atoms with Crippen molar-refractivity contribution in [2.75, 3.05) is 39.5 Å². The molecular weight excluding hydrogens is 506 g/mol. The van der Waals surface area contributed by atoms with E-state index in [1.54, 1.807) is 0 Å². The summed E-state index contributed by atoms with van der Waals surface area (Å²) in [6.45, 7) is 5.72. The van der Waals surface area contributed by atoms with Gasteiger partial charge in [-0.15, -0.1) is 0 Å². The smallest absolute Gasteiger partial charge is 0.303 e. The fourth-order valence-corrected chi connectivity index (χ4v) is 4.67. The van der Waals surface area contributed by atoms with Crippen molar-refractivity contribution in [1.82, 2.24) is 10.6 Å². The minimum Gasteiger partial charge on any atom is -0.463 e. The van der Waals surface area contributed by atoms with Crippen molar-refractivity contribution >= 4 is 29.7 Å². The van der Waals surface area contributed by atoms with Crippen LogP contribution in [-0.4, -0.2) is 98.9 Å². The molecule has 0 radical (unpaired) electrons. The highest BCUT2D eigenvalue weighted by molar-refractivity contribution is 5.77. The fourth-order valence-electron chi connectivity index (χ4n) is 4.67. The highest BCUT2D eigenvalue weighted by Gasteiger charge is 2.89. The second-order valence-corrected chi connectivity index (χ2v) is 9.16. The number of ether oxygens (including phenoxy) is 6. The third-order valence-electron chi connectivity index (χ3n) is 6.20. The first-order valence-corrected chi connectivity index (χ1v) is 12.6. The van der Waals surface area contributed by atoms with E-state index >= 15 is 0 Å². The van der Waals surface area contributed by atoms with Gasteiger partial charge in [-0.25, -0.2) is 0 Å². The standard InChI is InChI=1S/C24H39N3O11/c1-15(28)27-24-21(37-18(4)31)20(36-17(3)30)23(24,14-35-16(2)29)38-22(24)34-13-12-33-11-10-26-19(32)8-6-5-7-9-25/h20-22H,5-14,25H2,1-4H3,(H,26,32)(H,27,28). The number of nitrogens with one attached hydrogen (secondary N) is 2. The molecule has 2 amide bonds. The molecule has 4 N–H and O–H groups in total. The Balaban J connectivity index is 1.96. The number of rotatable bonds is 17. The maximum atomic E-state index is 12.2. The molecule has 0 aromatic heterocycles. The largest absolute Gasteiger partial charge is 0.463 e. The second kappa shape index (κ2) is 14.4. The van der Waals surface area contributed by atoms with Crippen LogP contribution in [0.1, 0.15) is 53.4 Å². The van der Waals surface area contributed by atoms with E-state index in [1.807, 2.05) is 0 Å². The molecule has 5 atom stereocenters. The summed E-state index contributed by atoms with van der Waals surface area (Å²) < 4.78 is 33.1. The molecule has 0 spiro atoms. The maximum Gasteiger partial charge on any atom is 0.303 e. The van der Waals surface area contributed by atoms with Gasteiger partial charge in [-0.2, -0.15) is 0 Å². The predicted octanol–water partition coefficient (Wildman–Crippen LogP) is -0.935. The Kier molecular flexibility index (Phi) is 11.9. The van der Waals surface area contributed by atoms with Crippen LogP contribution in [0.4, 0.5) is 0 Å². The summed E-state index contributed by atoms with van der Waals surface area (Å²) in [6, 6.07) is 0. The van der Waals surface area contributed by atoms with Crippen LogP contribution in [0.2, 0.25) is 0 Å². The lowest BCUT2D eigenvalue weighted by Gasteiger charge is -2.73. The molecule has 1 aliphatic carbocycles. The van der Waals surface area contributed by atoms with Crippen LogP contribution in [0.25, 0.3) is 0 Å². The van der Waals surface area contributed by atoms with E-state index in [0.29, 0.717) is 19.5 Å². The molecule has 1 saturated heterocycles. The zero-order chi connectivity index (χ0) is 28.3. The highest BCUT2D eigenvalue weighted by atomic mass is 16.8. The number of hydrogen-bond acceptors (Lipinski definition) is 12. The van der Waals surface area contributed by atoms with Crippen molar-refractivity contribution in [1.29, 1.82) is 0 Å². The Morgan fingerprint density at radius 3 is 2.16 bits per heavy atom. The van der Waals surface area contributed by atoms with E-state index < -0.39 is 53.5 Å². The summed E-state index contributed by atoms with van der Waals surface area (Å²) >= 11 is 0. The van der Waals surface area contributed by atoms with Crippen molar-refractivity contribution in [2.24, 2.45) is 5.73 Å². The number of nitrogens with two attached hydrogens (primary N) is 1. The van der Waals surface area contributed by atoms with Crippen molar-refractivity contribution in [3.8, 4) is 0 Å². The average Bonchev–Trinajstić information content (AvgIpc) is 2.82. The number of carbonyl (C=O) groups excluding carboxylic acids is 5. The molecule has 2 rings (SSSR count). The highest BCUT2D eigenvalue weighted by Crippen LogP contribution is 2.60. The van der Waals surface area contributed by atoms with E-state index in [2.05, 4.69) is 10.6 Å². The van der Waals surface area contributed by atoms with Crippen LogP contribution in [0.5, 0.6) is 0 Å². The Morgan fingerprint density at radius 1 is 0.868 bits per heavy atom. The number of esters is 3. The number of amides is 2. The Labute approximate surface area is 221 Å². The molecule has 14 heteroatoms. The summed E-state index contributed by atoms with van der Waals surface area (Å²) in [5.74, 6) is -2.56. The van der Waals surface area contributed by atoms with Gasteiger partial charge in [-0.3, -0.25) is 24.0 Å². The average molecular weight is 546 g/mol. The molecule has 1 heterocycles. The van der Waals surface area contributed by atoms with Gasteiger partial charge in [0.1, 0.15) is 6.61 Å². The van der Waals surface area contributed by atoms with Gasteiger partial charge in [0.05, 0.1) is 19.8 Å². The van der Waals surface area contributed by atoms with Gasteiger partial charge in [0.25, 0.3) is 0 Å². The fraction of sp³-hybridized carbons (Fsp3) is 0.792. The van der Waals surface area contributed by atoms with Gasteiger partial charge in [0.2, 0.25) is 11.8 Å². The van der Waals surface area contributed by atoms with Gasteiger partial charge in [-0.1, -0.05) is 6.42 Å². The predicted molar refractivity (Wildman–Crippen MR) is 129 cm³/mol. The van der Waals surface area contributed by atoms with Crippen LogP contribution in [0.3, 0.4) is 0 Å². The second-order valence-electron chi connectivity index (χ2n) is 9.16. The van der Waals surface area contributed by atoms with Crippen LogP contribution < -0.4 is 16.4 Å². The molecule has 0 aromatic rings. The number of carbonyl (C=O) groups is 5. The van der Waals surface area contributed by atoms with Crippen molar-refractivity contribution in [2.45, 2.75) is 83.0 Å². The molecule has 1 aliphatic heterocycles. The SMILES string of the molecule is CC(=O)NC12C(OCCOCCNC(=O)CCCCCN)OC1(COC(C)=O)C(OC(C)=O)C2OC(C)=O. The van der Waals surface area contributed by atoms with Crippen molar-refractivity contribution in [3.63, 3.8) is 0 Å². The number of hydrogen-bond donors (Lipinski definition) is 3. The molecule has 216 valence electrons. The molecule has 5 unspecified atom stereocenters. The quantitative estimate of drug-likeness (QED) is 0.116. The number of unbranched alkanes of at least 4 members (excludes halogenated alkanes) is 2. The van der Waals surface area contributed by atoms with E-state index in [-0.39, 0.29) is 32.3 Å². The third kappa shape index (κ3) is 7.40. The van der Waals surface area contributed by atoms with E-state index in [4.69, 9.17) is 34.2 Å². The first-order chi connectivity index (χ1) is 18.0. The summed E-state index contributed by atoms with van der Waals surface area (Å²) in [5.41, 5.74) is 2.41. The zero-order valence-corrected chi connectivity index (χ0v) is 22.4. The monoisotopic (exact) mass is 545 g/mol. The van der Waals surface area contributed by atoms with Crippen molar-refractivity contribution in [3.05, 3.63) is 0 Å². The Morgan fingerprint density at radius 2 is 1.55 bits per heavy atom. The molecule has 2 fully saturated rings. The van der Waals surface area contributed by atoms with Crippen molar-refractivity contribution < 1.29 is 52.4 Å². The first-order valence-electron chi connectivity index (χ1n) is 12.6. The van der Waals surface area contributed by atoms with E-state index in [9.17, 15) is 24.0 Å². The summed E-state index contributed by atoms with van der Waals surface area (Å²) in [5, 5.41) is 5.48. The van der Waals surface area contributed by atoms with E-state index in [1.165, 1.54) is 20.8 Å². The number of fused-ring (bicyclic) bond motifs is 1. The third-order valence-corrected chi connectivity index (χ3v) is 6.20. The van der Waals surface area contributed by atoms with Crippen LogP contribution >= 0.6 is 0 Å². The van der Waals surface area contributed by atoms with Gasteiger partial charge in [0, 0.05) is 40.7 Å². The van der Waals surface area contributed by atoms with Gasteiger partial charge >= 0.3 is 17.9 Å². The van der Waals surface area contributed by atoms with Crippen LogP contribution in [-0.2, 0) is 52.4 Å². The molecule has 0 aromatic carbocycles. The summed E-state index contributed by atoms with van der Waals surface area (Å²) in [7, 11) is 0. The molecular formula is C24H39N3O11. The summed E-state index contributed by atoms with van der Waals surface area (Å²) in [6.07, 6.45) is -0.450. The molecule has 1 saturated carbocycles. The topological polar surface area (TPSA) is 191 Å². The lowest BCUT2D eigenvalue weighted by atomic mass is 9.53. The molecule has 14 nitrogen and oxygen atoms in total. The normalized spacial score (nSPS) is 27.1. The maximum absolute atomic E-state index is 12.2. The molecule has 2 aliphatic rings. The molecule has 38 heavy (non-hydrogen) atoms. The van der Waals surface area contributed by atoms with Crippen LogP contribution in [0, 0.1) is 0 Å². The van der Waals surface area contributed by atoms with Gasteiger partial charge in [0.15, 0.2) is 29.6 Å². The van der Waals surface area contributed by atoms with Gasteiger partial charge < -0.3 is 44.8 Å². The van der Waals surface area contributed by atoms with E-state index in [0.717, 1.165) is 26.2 Å². The zero-order valence-electron chi connectivity index (χ0n) is 22.4. The van der Waals surface area contributed by atoms with Gasteiger partial charge in [-0.05, 0) is 19.4 Å². The van der Waals surface area contributed by atoms with Crippen LogP contribution in [0.15, 0.2) is 0 Å². The minimum absolute atomic E-state index is 0.0215. The Hall–Kier alpha value is -2.81. The first kappa shape index (κ1) is 31.4. The summed E-state index contributed by atoms with van der Waals surface area (Å²) in [4.78, 5) is 59.1. The lowest BCUT2D eigenvalue weighted by Crippen LogP contribution is -3.01. The lowest BCUT2D eigenvalue weighted by molar-refractivity contribution is -0.473. The minimum atomic E-state index is -1.53.